The molecule has 2 rings (SSSR count). The van der Waals surface area contributed by atoms with E-state index in [1.165, 1.54) is 6.42 Å². The summed E-state index contributed by atoms with van der Waals surface area (Å²) in [5.41, 5.74) is 7.22. The van der Waals surface area contributed by atoms with E-state index in [2.05, 4.69) is 15.9 Å². The number of ether oxygens (including phenoxy) is 2. The van der Waals surface area contributed by atoms with Crippen molar-refractivity contribution in [1.82, 2.24) is 0 Å². The number of hydrogen-bond acceptors (Lipinski definition) is 3. The van der Waals surface area contributed by atoms with Crippen molar-refractivity contribution in [1.29, 1.82) is 0 Å². The summed E-state index contributed by atoms with van der Waals surface area (Å²) in [6, 6.07) is 3.89. The monoisotopic (exact) mass is 313 g/mol. The lowest BCUT2D eigenvalue weighted by Crippen LogP contribution is -2.44. The Bertz CT molecular complexity index is 442. The fourth-order valence-corrected chi connectivity index (χ4v) is 3.03. The minimum absolute atomic E-state index is 0.0932. The van der Waals surface area contributed by atoms with Crippen LogP contribution in [0.3, 0.4) is 0 Å². The summed E-state index contributed by atoms with van der Waals surface area (Å²) in [6.07, 6.45) is 3.25. The Morgan fingerprint density at radius 3 is 2.44 bits per heavy atom. The Labute approximate surface area is 117 Å². The molecule has 100 valence electrons. The molecule has 1 saturated carbocycles. The molecular weight excluding hydrogens is 294 g/mol. The van der Waals surface area contributed by atoms with E-state index >= 15 is 0 Å². The lowest BCUT2D eigenvalue weighted by Gasteiger charge is -2.40. The fraction of sp³-hybridized carbons (Fsp3) is 0.571. The Hall–Kier alpha value is -0.740. The lowest BCUT2D eigenvalue weighted by atomic mass is 9.72. The molecule has 0 amide bonds. The van der Waals surface area contributed by atoms with Crippen molar-refractivity contribution < 1.29 is 9.47 Å². The Kier molecular flexibility index (Phi) is 3.87. The van der Waals surface area contributed by atoms with Gasteiger partial charge in [0.2, 0.25) is 0 Å². The molecule has 2 N–H and O–H groups in total. The van der Waals surface area contributed by atoms with Crippen LogP contribution in [-0.4, -0.2) is 13.2 Å². The van der Waals surface area contributed by atoms with Crippen molar-refractivity contribution in [3.8, 4) is 11.5 Å². The van der Waals surface area contributed by atoms with Gasteiger partial charge in [-0.25, -0.2) is 0 Å². The van der Waals surface area contributed by atoms with Gasteiger partial charge in [0.15, 0.2) is 11.5 Å². The zero-order valence-electron chi connectivity index (χ0n) is 11.1. The number of methoxy groups -OCH3 is 1. The highest BCUT2D eigenvalue weighted by Crippen LogP contribution is 2.49. The van der Waals surface area contributed by atoms with E-state index < -0.39 is 0 Å². The van der Waals surface area contributed by atoms with E-state index in [-0.39, 0.29) is 11.6 Å². The SMILES string of the molecule is COc1ccc(Br)c(C2(N)CCC2)c1OC(C)C. The van der Waals surface area contributed by atoms with Gasteiger partial charge in [-0.05, 0) is 45.2 Å². The van der Waals surface area contributed by atoms with Crippen LogP contribution in [-0.2, 0) is 5.54 Å². The van der Waals surface area contributed by atoms with Crippen LogP contribution < -0.4 is 15.2 Å². The number of nitrogens with two attached hydrogens (primary N) is 1. The van der Waals surface area contributed by atoms with Gasteiger partial charge in [-0.1, -0.05) is 15.9 Å². The van der Waals surface area contributed by atoms with E-state index in [0.717, 1.165) is 34.4 Å². The van der Waals surface area contributed by atoms with E-state index in [1.54, 1.807) is 7.11 Å². The van der Waals surface area contributed by atoms with E-state index in [0.29, 0.717) is 0 Å². The molecule has 0 unspecified atom stereocenters. The largest absolute Gasteiger partial charge is 0.493 e. The molecule has 0 saturated heterocycles. The van der Waals surface area contributed by atoms with E-state index in [4.69, 9.17) is 15.2 Å². The Morgan fingerprint density at radius 1 is 1.33 bits per heavy atom. The van der Waals surface area contributed by atoms with E-state index in [1.807, 2.05) is 26.0 Å². The minimum Gasteiger partial charge on any atom is -0.493 e. The summed E-state index contributed by atoms with van der Waals surface area (Å²) in [7, 11) is 1.66. The van der Waals surface area contributed by atoms with Gasteiger partial charge < -0.3 is 15.2 Å². The number of hydrogen-bond donors (Lipinski definition) is 1. The molecule has 0 heterocycles. The summed E-state index contributed by atoms with van der Waals surface area (Å²) < 4.78 is 12.3. The van der Waals surface area contributed by atoms with Crippen molar-refractivity contribution in [2.24, 2.45) is 5.73 Å². The lowest BCUT2D eigenvalue weighted by molar-refractivity contribution is 0.201. The molecule has 3 nitrogen and oxygen atoms in total. The molecule has 1 aliphatic rings. The van der Waals surface area contributed by atoms with Crippen LogP contribution in [0.15, 0.2) is 16.6 Å². The highest BCUT2D eigenvalue weighted by Gasteiger charge is 2.39. The Morgan fingerprint density at radius 2 is 2.00 bits per heavy atom. The summed E-state index contributed by atoms with van der Waals surface area (Å²) in [4.78, 5) is 0. The number of benzene rings is 1. The predicted octanol–water partition coefficient (Wildman–Crippen LogP) is 3.58. The number of rotatable bonds is 4. The van der Waals surface area contributed by atoms with Gasteiger partial charge in [-0.3, -0.25) is 0 Å². The molecule has 1 aromatic carbocycles. The van der Waals surface area contributed by atoms with Gasteiger partial charge in [0.05, 0.1) is 13.2 Å². The molecule has 0 aromatic heterocycles. The standard InChI is InChI=1S/C14H20BrNO2/c1-9(2)18-13-11(17-3)6-5-10(15)12(13)14(16)7-4-8-14/h5-6,9H,4,7-8,16H2,1-3H3. The van der Waals surface area contributed by atoms with Gasteiger partial charge in [0.1, 0.15) is 0 Å². The summed E-state index contributed by atoms with van der Waals surface area (Å²) in [5, 5.41) is 0. The van der Waals surface area contributed by atoms with E-state index in [9.17, 15) is 0 Å². The zero-order chi connectivity index (χ0) is 13.3. The van der Waals surface area contributed by atoms with Crippen LogP contribution in [0.4, 0.5) is 0 Å². The molecule has 0 bridgehead atoms. The molecule has 1 aromatic rings. The molecule has 0 spiro atoms. The second-order valence-electron chi connectivity index (χ2n) is 5.13. The maximum absolute atomic E-state index is 6.46. The maximum Gasteiger partial charge on any atom is 0.167 e. The number of halogens is 1. The van der Waals surface area contributed by atoms with Gasteiger partial charge in [0.25, 0.3) is 0 Å². The summed E-state index contributed by atoms with van der Waals surface area (Å²) >= 11 is 3.60. The van der Waals surface area contributed by atoms with Crippen LogP contribution in [0.5, 0.6) is 11.5 Å². The van der Waals surface area contributed by atoms with Crippen molar-refractivity contribution in [3.63, 3.8) is 0 Å². The first-order chi connectivity index (χ1) is 8.48. The molecule has 0 radical (unpaired) electrons. The van der Waals surface area contributed by atoms with Gasteiger partial charge in [0, 0.05) is 15.6 Å². The molecule has 1 aliphatic carbocycles. The highest BCUT2D eigenvalue weighted by atomic mass is 79.9. The van der Waals surface area contributed by atoms with Crippen LogP contribution >= 0.6 is 15.9 Å². The predicted molar refractivity (Wildman–Crippen MR) is 76.2 cm³/mol. The zero-order valence-corrected chi connectivity index (χ0v) is 12.7. The minimum atomic E-state index is -0.280. The first kappa shape index (κ1) is 13.7. The second-order valence-corrected chi connectivity index (χ2v) is 5.98. The van der Waals surface area contributed by atoms with Gasteiger partial charge in [-0.15, -0.1) is 0 Å². The second kappa shape index (κ2) is 5.10. The topological polar surface area (TPSA) is 44.5 Å². The third-order valence-electron chi connectivity index (χ3n) is 3.39. The third kappa shape index (κ3) is 2.36. The third-order valence-corrected chi connectivity index (χ3v) is 4.05. The van der Waals surface area contributed by atoms with Crippen LogP contribution in [0, 0.1) is 0 Å². The average Bonchev–Trinajstić information content (AvgIpc) is 2.26. The maximum atomic E-state index is 6.46. The van der Waals surface area contributed by atoms with Crippen LogP contribution in [0.2, 0.25) is 0 Å². The Balaban J connectivity index is 2.53. The molecular formula is C14H20BrNO2. The van der Waals surface area contributed by atoms with Crippen LogP contribution in [0.1, 0.15) is 38.7 Å². The quantitative estimate of drug-likeness (QED) is 0.924. The molecule has 0 atom stereocenters. The fourth-order valence-electron chi connectivity index (χ4n) is 2.32. The molecule has 0 aliphatic heterocycles. The first-order valence-corrected chi connectivity index (χ1v) is 7.10. The van der Waals surface area contributed by atoms with Crippen molar-refractivity contribution in [2.45, 2.75) is 44.8 Å². The van der Waals surface area contributed by atoms with Crippen LogP contribution in [0.25, 0.3) is 0 Å². The first-order valence-electron chi connectivity index (χ1n) is 6.30. The van der Waals surface area contributed by atoms with Crippen molar-refractivity contribution in [2.75, 3.05) is 7.11 Å². The normalized spacial score (nSPS) is 17.4. The van der Waals surface area contributed by atoms with Crippen molar-refractivity contribution in [3.05, 3.63) is 22.2 Å². The molecule has 1 fully saturated rings. The summed E-state index contributed by atoms with van der Waals surface area (Å²) in [5.74, 6) is 1.53. The smallest absolute Gasteiger partial charge is 0.167 e. The van der Waals surface area contributed by atoms with Gasteiger partial charge in [-0.2, -0.15) is 0 Å². The summed E-state index contributed by atoms with van der Waals surface area (Å²) in [6.45, 7) is 4.02. The van der Waals surface area contributed by atoms with Gasteiger partial charge >= 0.3 is 0 Å². The molecule has 4 heteroatoms. The average molecular weight is 314 g/mol. The molecule has 18 heavy (non-hydrogen) atoms. The van der Waals surface area contributed by atoms with Crippen molar-refractivity contribution >= 4 is 15.9 Å². The highest BCUT2D eigenvalue weighted by molar-refractivity contribution is 9.10.